The van der Waals surface area contributed by atoms with Gasteiger partial charge in [0.05, 0.1) is 33.4 Å². The summed E-state index contributed by atoms with van der Waals surface area (Å²) < 4.78 is 26.6. The van der Waals surface area contributed by atoms with Crippen LogP contribution in [0.15, 0.2) is 30.4 Å². The summed E-state index contributed by atoms with van der Waals surface area (Å²) in [6.45, 7) is 2.42. The molecule has 0 heterocycles. The van der Waals surface area contributed by atoms with E-state index in [1.807, 2.05) is 31.2 Å². The van der Waals surface area contributed by atoms with Crippen molar-refractivity contribution in [3.63, 3.8) is 0 Å². The number of carbonyl (C=O) groups excluding carboxylic acids is 1. The largest absolute Gasteiger partial charge is 0.493 e. The molecule has 0 unspecified atom stereocenters. The lowest BCUT2D eigenvalue weighted by Crippen LogP contribution is -2.33. The summed E-state index contributed by atoms with van der Waals surface area (Å²) in [7, 11) is 4.80. The van der Waals surface area contributed by atoms with Gasteiger partial charge in [0.25, 0.3) is 0 Å². The lowest BCUT2D eigenvalue weighted by atomic mass is 9.70. The van der Waals surface area contributed by atoms with Gasteiger partial charge < -0.3 is 23.7 Å². The third kappa shape index (κ3) is 4.77. The summed E-state index contributed by atoms with van der Waals surface area (Å²) in [6.07, 6.45) is 5.84. The van der Waals surface area contributed by atoms with E-state index in [4.69, 9.17) is 23.7 Å². The maximum absolute atomic E-state index is 12.3. The SMILES string of the molecule is CCOC(=O)C[C@@]1(c2ccc(OC)c(OC)c2)C=C[C@H](OCOC)CC1. The fourth-order valence-corrected chi connectivity index (χ4v) is 3.27. The van der Waals surface area contributed by atoms with E-state index in [1.165, 1.54) is 0 Å². The smallest absolute Gasteiger partial charge is 0.306 e. The van der Waals surface area contributed by atoms with E-state index in [0.29, 0.717) is 18.1 Å². The summed E-state index contributed by atoms with van der Waals surface area (Å²) in [5, 5.41) is 0. The van der Waals surface area contributed by atoms with Gasteiger partial charge in [0, 0.05) is 12.5 Å². The highest BCUT2D eigenvalue weighted by atomic mass is 16.7. The van der Waals surface area contributed by atoms with Crippen LogP contribution < -0.4 is 9.47 Å². The number of allylic oxidation sites excluding steroid dienone is 1. The predicted molar refractivity (Wildman–Crippen MR) is 97.6 cm³/mol. The quantitative estimate of drug-likeness (QED) is 0.381. The maximum Gasteiger partial charge on any atom is 0.306 e. The lowest BCUT2D eigenvalue weighted by Gasteiger charge is -2.35. The number of carbonyl (C=O) groups is 1. The summed E-state index contributed by atoms with van der Waals surface area (Å²) >= 11 is 0. The molecular formula is C20H28O6. The van der Waals surface area contributed by atoms with Gasteiger partial charge in [0.15, 0.2) is 11.5 Å². The van der Waals surface area contributed by atoms with Crippen LogP contribution in [-0.2, 0) is 24.4 Å². The van der Waals surface area contributed by atoms with E-state index < -0.39 is 5.41 Å². The molecule has 1 aliphatic rings. The van der Waals surface area contributed by atoms with Gasteiger partial charge in [0.2, 0.25) is 0 Å². The summed E-state index contributed by atoms with van der Waals surface area (Å²) in [6, 6.07) is 5.77. The first-order valence-electron chi connectivity index (χ1n) is 8.76. The zero-order chi connectivity index (χ0) is 19.0. The van der Waals surface area contributed by atoms with Gasteiger partial charge in [0.1, 0.15) is 6.79 Å². The Morgan fingerprint density at radius 1 is 1.19 bits per heavy atom. The molecule has 0 saturated carbocycles. The maximum atomic E-state index is 12.3. The Balaban J connectivity index is 2.34. The number of esters is 1. The van der Waals surface area contributed by atoms with Crippen LogP contribution in [-0.4, -0.2) is 46.8 Å². The molecule has 1 aliphatic carbocycles. The summed E-state index contributed by atoms with van der Waals surface area (Å²) in [5.41, 5.74) is 0.531. The van der Waals surface area contributed by atoms with E-state index >= 15 is 0 Å². The van der Waals surface area contributed by atoms with Crippen molar-refractivity contribution >= 4 is 5.97 Å². The highest BCUT2D eigenvalue weighted by Gasteiger charge is 2.36. The second kappa shape index (κ2) is 9.59. The molecule has 0 spiro atoms. The average Bonchev–Trinajstić information content (AvgIpc) is 2.67. The normalized spacial score (nSPS) is 22.1. The molecule has 0 aromatic heterocycles. The Hall–Kier alpha value is -2.05. The van der Waals surface area contributed by atoms with Crippen LogP contribution in [0.25, 0.3) is 0 Å². The second-order valence-electron chi connectivity index (χ2n) is 6.22. The molecule has 0 bridgehead atoms. The van der Waals surface area contributed by atoms with Crippen molar-refractivity contribution in [2.24, 2.45) is 0 Å². The fourth-order valence-electron chi connectivity index (χ4n) is 3.27. The monoisotopic (exact) mass is 364 g/mol. The molecule has 0 radical (unpaired) electrons. The van der Waals surface area contributed by atoms with Crippen molar-refractivity contribution in [1.82, 2.24) is 0 Å². The number of hydrogen-bond donors (Lipinski definition) is 0. The Labute approximate surface area is 155 Å². The minimum absolute atomic E-state index is 0.0228. The number of hydrogen-bond acceptors (Lipinski definition) is 6. The second-order valence-corrected chi connectivity index (χ2v) is 6.22. The van der Waals surface area contributed by atoms with E-state index in [1.54, 1.807) is 21.3 Å². The molecule has 2 rings (SSSR count). The molecule has 0 saturated heterocycles. The molecule has 1 aromatic rings. The Bertz CT molecular complexity index is 627. The topological polar surface area (TPSA) is 63.2 Å². The van der Waals surface area contributed by atoms with Crippen LogP contribution in [0.1, 0.15) is 31.7 Å². The molecule has 0 aliphatic heterocycles. The standard InChI is InChI=1S/C20H28O6/c1-5-25-19(21)13-20(10-8-16(9-11-20)26-14-22-2)15-6-7-17(23-3)18(12-15)24-4/h6-8,10,12,16H,5,9,11,13-14H2,1-4H3/t16-,20+/m0/s1. The van der Waals surface area contributed by atoms with E-state index in [0.717, 1.165) is 18.4 Å². The molecule has 6 nitrogen and oxygen atoms in total. The van der Waals surface area contributed by atoms with Crippen LogP contribution in [0.3, 0.4) is 0 Å². The van der Waals surface area contributed by atoms with Crippen molar-refractivity contribution in [1.29, 1.82) is 0 Å². The minimum atomic E-state index is -0.460. The van der Waals surface area contributed by atoms with Crippen molar-refractivity contribution in [3.05, 3.63) is 35.9 Å². The summed E-state index contributed by atoms with van der Waals surface area (Å²) in [5.74, 6) is 1.08. The Morgan fingerprint density at radius 3 is 2.54 bits per heavy atom. The number of benzene rings is 1. The van der Waals surface area contributed by atoms with Crippen molar-refractivity contribution in [3.8, 4) is 11.5 Å². The van der Waals surface area contributed by atoms with E-state index in [2.05, 4.69) is 6.08 Å². The van der Waals surface area contributed by atoms with Gasteiger partial charge in [-0.05, 0) is 37.5 Å². The van der Waals surface area contributed by atoms with E-state index in [9.17, 15) is 4.79 Å². The van der Waals surface area contributed by atoms with Crippen molar-refractivity contribution in [2.45, 2.75) is 37.7 Å². The fraction of sp³-hybridized carbons (Fsp3) is 0.550. The average molecular weight is 364 g/mol. The molecular weight excluding hydrogens is 336 g/mol. The van der Waals surface area contributed by atoms with Gasteiger partial charge in [-0.1, -0.05) is 18.2 Å². The highest BCUT2D eigenvalue weighted by Crippen LogP contribution is 2.42. The molecule has 6 heteroatoms. The van der Waals surface area contributed by atoms with Crippen LogP contribution in [0.5, 0.6) is 11.5 Å². The molecule has 0 amide bonds. The van der Waals surface area contributed by atoms with Crippen LogP contribution in [0.2, 0.25) is 0 Å². The third-order valence-electron chi connectivity index (χ3n) is 4.63. The molecule has 26 heavy (non-hydrogen) atoms. The zero-order valence-electron chi connectivity index (χ0n) is 15.9. The van der Waals surface area contributed by atoms with E-state index in [-0.39, 0.29) is 25.3 Å². The first-order valence-corrected chi connectivity index (χ1v) is 8.76. The number of methoxy groups -OCH3 is 3. The molecule has 1 aromatic carbocycles. The molecule has 0 N–H and O–H groups in total. The number of ether oxygens (including phenoxy) is 5. The van der Waals surface area contributed by atoms with Gasteiger partial charge in [-0.2, -0.15) is 0 Å². The zero-order valence-corrected chi connectivity index (χ0v) is 15.9. The van der Waals surface area contributed by atoms with Gasteiger partial charge in [-0.3, -0.25) is 4.79 Å². The van der Waals surface area contributed by atoms with Gasteiger partial charge in [-0.15, -0.1) is 0 Å². The molecule has 0 fully saturated rings. The first-order chi connectivity index (χ1) is 12.6. The highest BCUT2D eigenvalue weighted by molar-refractivity contribution is 5.72. The van der Waals surface area contributed by atoms with Crippen LogP contribution >= 0.6 is 0 Å². The summed E-state index contributed by atoms with van der Waals surface area (Å²) in [4.78, 5) is 12.3. The predicted octanol–water partition coefficient (Wildman–Crippen LogP) is 3.23. The van der Waals surface area contributed by atoms with Crippen LogP contribution in [0.4, 0.5) is 0 Å². The third-order valence-corrected chi connectivity index (χ3v) is 4.63. The molecule has 144 valence electrons. The number of rotatable bonds is 9. The Kier molecular flexibility index (Phi) is 7.48. The van der Waals surface area contributed by atoms with Crippen molar-refractivity contribution < 1.29 is 28.5 Å². The lowest BCUT2D eigenvalue weighted by molar-refractivity contribution is -0.144. The first kappa shape index (κ1) is 20.3. The van der Waals surface area contributed by atoms with Crippen LogP contribution in [0, 0.1) is 0 Å². The Morgan fingerprint density at radius 2 is 1.96 bits per heavy atom. The molecule has 2 atom stereocenters. The van der Waals surface area contributed by atoms with Gasteiger partial charge >= 0.3 is 5.97 Å². The minimum Gasteiger partial charge on any atom is -0.493 e. The van der Waals surface area contributed by atoms with Gasteiger partial charge in [-0.25, -0.2) is 0 Å². The van der Waals surface area contributed by atoms with Crippen molar-refractivity contribution in [2.75, 3.05) is 34.7 Å².